The standard InChI is InChI=1S/C14H18BrFN2O3S.ClH/c1-17-7-9-3-4-18(8-9)14(19)11-5-10(15)6-12(13(11)16)22(2,20)21;/h5-6,9,17H,3-4,7-8H2,1-2H3;1H. The van der Waals surface area contributed by atoms with Gasteiger partial charge < -0.3 is 10.2 Å². The first-order valence-corrected chi connectivity index (χ1v) is 9.55. The number of hydrogen-bond donors (Lipinski definition) is 1. The Morgan fingerprint density at radius 1 is 1.48 bits per heavy atom. The Hall–Kier alpha value is -0.700. The summed E-state index contributed by atoms with van der Waals surface area (Å²) in [4.78, 5) is 13.6. The van der Waals surface area contributed by atoms with Crippen molar-refractivity contribution in [3.05, 3.63) is 28.0 Å². The quantitative estimate of drug-likeness (QED) is 0.796. The first-order chi connectivity index (χ1) is 10.2. The summed E-state index contributed by atoms with van der Waals surface area (Å²) in [6, 6.07) is 2.51. The first kappa shape index (κ1) is 20.3. The summed E-state index contributed by atoms with van der Waals surface area (Å²) in [7, 11) is -1.90. The molecule has 0 spiro atoms. The fourth-order valence-electron chi connectivity index (χ4n) is 2.63. The van der Waals surface area contributed by atoms with Crippen LogP contribution in [0.4, 0.5) is 4.39 Å². The Balaban J connectivity index is 0.00000264. The number of amides is 1. The van der Waals surface area contributed by atoms with E-state index in [4.69, 9.17) is 0 Å². The van der Waals surface area contributed by atoms with Gasteiger partial charge in [-0.05, 0) is 38.1 Å². The van der Waals surface area contributed by atoms with Gasteiger partial charge in [-0.2, -0.15) is 0 Å². The zero-order valence-electron chi connectivity index (χ0n) is 12.8. The highest BCUT2D eigenvalue weighted by Crippen LogP contribution is 2.27. The number of likely N-dealkylation sites (tertiary alicyclic amines) is 1. The number of nitrogens with one attached hydrogen (secondary N) is 1. The van der Waals surface area contributed by atoms with Gasteiger partial charge in [-0.1, -0.05) is 15.9 Å². The molecule has 1 aromatic carbocycles. The average Bonchev–Trinajstić information content (AvgIpc) is 2.88. The van der Waals surface area contributed by atoms with Crippen molar-refractivity contribution >= 4 is 44.1 Å². The summed E-state index contributed by atoms with van der Waals surface area (Å²) in [5.41, 5.74) is -0.208. The smallest absolute Gasteiger partial charge is 0.256 e. The molecule has 130 valence electrons. The molecular weight excluding hydrogens is 411 g/mol. The van der Waals surface area contributed by atoms with E-state index in [9.17, 15) is 17.6 Å². The minimum absolute atomic E-state index is 0. The molecule has 0 aromatic heterocycles. The van der Waals surface area contributed by atoms with E-state index >= 15 is 0 Å². The Kier molecular flexibility index (Phi) is 7.00. The summed E-state index contributed by atoms with van der Waals surface area (Å²) >= 11 is 3.14. The van der Waals surface area contributed by atoms with Crippen LogP contribution in [0.5, 0.6) is 0 Å². The number of hydrogen-bond acceptors (Lipinski definition) is 4. The minimum atomic E-state index is -3.74. The fraction of sp³-hybridized carbons (Fsp3) is 0.500. The highest BCUT2D eigenvalue weighted by Gasteiger charge is 2.30. The molecule has 1 heterocycles. The van der Waals surface area contributed by atoms with E-state index in [1.54, 1.807) is 4.90 Å². The Bertz CT molecular complexity index is 700. The van der Waals surface area contributed by atoms with Gasteiger partial charge in [0.05, 0.1) is 5.56 Å². The van der Waals surface area contributed by atoms with Gasteiger partial charge in [0.25, 0.3) is 5.91 Å². The third-order valence-corrected chi connectivity index (χ3v) is 5.25. The van der Waals surface area contributed by atoms with Crippen molar-refractivity contribution in [3.8, 4) is 0 Å². The largest absolute Gasteiger partial charge is 0.338 e. The van der Waals surface area contributed by atoms with Gasteiger partial charge in [0.1, 0.15) is 4.90 Å². The molecule has 0 aliphatic carbocycles. The molecule has 0 bridgehead atoms. The van der Waals surface area contributed by atoms with Crippen LogP contribution in [0.1, 0.15) is 16.8 Å². The average molecular weight is 430 g/mol. The lowest BCUT2D eigenvalue weighted by atomic mass is 10.1. The second-order valence-corrected chi connectivity index (χ2v) is 8.40. The van der Waals surface area contributed by atoms with Gasteiger partial charge in [0, 0.05) is 23.8 Å². The van der Waals surface area contributed by atoms with Crippen molar-refractivity contribution in [2.75, 3.05) is 32.9 Å². The van der Waals surface area contributed by atoms with Crippen LogP contribution in [0.15, 0.2) is 21.5 Å². The lowest BCUT2D eigenvalue weighted by Gasteiger charge is -2.18. The summed E-state index contributed by atoms with van der Waals surface area (Å²) < 4.78 is 38.1. The number of benzene rings is 1. The molecule has 0 saturated carbocycles. The number of nitrogens with zero attached hydrogens (tertiary/aromatic N) is 1. The molecule has 1 aliphatic rings. The first-order valence-electron chi connectivity index (χ1n) is 6.87. The zero-order valence-corrected chi connectivity index (χ0v) is 16.0. The van der Waals surface area contributed by atoms with Crippen LogP contribution in [-0.2, 0) is 9.84 Å². The van der Waals surface area contributed by atoms with Crippen LogP contribution < -0.4 is 5.32 Å². The highest BCUT2D eigenvalue weighted by molar-refractivity contribution is 9.10. The molecule has 1 N–H and O–H groups in total. The number of carbonyl (C=O) groups excluding carboxylic acids is 1. The molecule has 1 amide bonds. The summed E-state index contributed by atoms with van der Waals surface area (Å²) in [6.07, 6.45) is 1.77. The second-order valence-electron chi connectivity index (χ2n) is 5.50. The minimum Gasteiger partial charge on any atom is -0.338 e. The monoisotopic (exact) mass is 428 g/mol. The highest BCUT2D eigenvalue weighted by atomic mass is 79.9. The zero-order chi connectivity index (χ0) is 16.5. The lowest BCUT2D eigenvalue weighted by molar-refractivity contribution is 0.0782. The molecule has 2 rings (SSSR count). The van der Waals surface area contributed by atoms with Gasteiger partial charge >= 0.3 is 0 Å². The molecule has 1 saturated heterocycles. The molecule has 1 atom stereocenters. The van der Waals surface area contributed by atoms with Crippen molar-refractivity contribution in [2.45, 2.75) is 11.3 Å². The van der Waals surface area contributed by atoms with E-state index in [0.29, 0.717) is 23.5 Å². The number of sulfone groups is 1. The van der Waals surface area contributed by atoms with Gasteiger partial charge in [-0.25, -0.2) is 12.8 Å². The molecular formula is C14H19BrClFN2O3S. The van der Waals surface area contributed by atoms with E-state index in [1.165, 1.54) is 12.1 Å². The predicted molar refractivity (Wildman–Crippen MR) is 92.4 cm³/mol. The molecule has 5 nitrogen and oxygen atoms in total. The van der Waals surface area contributed by atoms with Crippen LogP contribution >= 0.6 is 28.3 Å². The molecule has 1 fully saturated rings. The van der Waals surface area contributed by atoms with Gasteiger partial charge in [-0.15, -0.1) is 12.4 Å². The molecule has 1 aromatic rings. The summed E-state index contributed by atoms with van der Waals surface area (Å²) in [6.45, 7) is 1.88. The Labute approximate surface area is 150 Å². The van der Waals surface area contributed by atoms with Crippen LogP contribution in [0.3, 0.4) is 0 Å². The SMILES string of the molecule is CNCC1CCN(C(=O)c2cc(Br)cc(S(C)(=O)=O)c2F)C1.Cl. The maximum Gasteiger partial charge on any atom is 0.256 e. The van der Waals surface area contributed by atoms with Crippen LogP contribution in [-0.4, -0.2) is 52.2 Å². The lowest BCUT2D eigenvalue weighted by Crippen LogP contribution is -2.31. The van der Waals surface area contributed by atoms with Crippen molar-refractivity contribution in [1.82, 2.24) is 10.2 Å². The third kappa shape index (κ3) is 4.65. The molecule has 9 heteroatoms. The van der Waals surface area contributed by atoms with E-state index in [2.05, 4.69) is 21.2 Å². The molecule has 0 radical (unpaired) electrons. The van der Waals surface area contributed by atoms with Gasteiger partial charge in [0.15, 0.2) is 15.7 Å². The van der Waals surface area contributed by atoms with Crippen LogP contribution in [0.25, 0.3) is 0 Å². The third-order valence-electron chi connectivity index (χ3n) is 3.70. The summed E-state index contributed by atoms with van der Waals surface area (Å²) in [5, 5.41) is 3.06. The van der Waals surface area contributed by atoms with E-state index < -0.39 is 26.5 Å². The topological polar surface area (TPSA) is 66.5 Å². The van der Waals surface area contributed by atoms with Crippen molar-refractivity contribution in [1.29, 1.82) is 0 Å². The Morgan fingerprint density at radius 3 is 2.70 bits per heavy atom. The molecule has 1 unspecified atom stereocenters. The number of carbonyl (C=O) groups is 1. The van der Waals surface area contributed by atoms with Gasteiger partial charge in [-0.3, -0.25) is 4.79 Å². The second kappa shape index (κ2) is 7.92. The Morgan fingerprint density at radius 2 is 2.13 bits per heavy atom. The van der Waals surface area contributed by atoms with Crippen LogP contribution in [0.2, 0.25) is 0 Å². The number of halogens is 3. The van der Waals surface area contributed by atoms with E-state index in [1.807, 2.05) is 7.05 Å². The van der Waals surface area contributed by atoms with Gasteiger partial charge in [0.2, 0.25) is 0 Å². The van der Waals surface area contributed by atoms with Crippen LogP contribution in [0, 0.1) is 11.7 Å². The normalized spacial score (nSPS) is 17.9. The van der Waals surface area contributed by atoms with Crippen molar-refractivity contribution in [3.63, 3.8) is 0 Å². The summed E-state index contributed by atoms with van der Waals surface area (Å²) in [5.74, 6) is -1.12. The van der Waals surface area contributed by atoms with E-state index in [-0.39, 0.29) is 18.0 Å². The maximum atomic E-state index is 14.4. The molecule has 1 aliphatic heterocycles. The van der Waals surface area contributed by atoms with E-state index in [0.717, 1.165) is 19.2 Å². The van der Waals surface area contributed by atoms with Crippen molar-refractivity contribution in [2.24, 2.45) is 5.92 Å². The maximum absolute atomic E-state index is 14.4. The molecule has 23 heavy (non-hydrogen) atoms. The number of rotatable bonds is 4. The van der Waals surface area contributed by atoms with Crippen molar-refractivity contribution < 1.29 is 17.6 Å². The fourth-order valence-corrected chi connectivity index (χ4v) is 4.02. The predicted octanol–water partition coefficient (Wildman–Crippen LogP) is 2.10.